The smallest absolute Gasteiger partial charge is 0.121 e. The van der Waals surface area contributed by atoms with E-state index in [2.05, 4.69) is 12.6 Å². The Labute approximate surface area is 78.8 Å². The highest BCUT2D eigenvalue weighted by atomic mass is 32.1. The molecule has 0 radical (unpaired) electrons. The van der Waals surface area contributed by atoms with Crippen LogP contribution in [-0.4, -0.2) is 10.9 Å². The van der Waals surface area contributed by atoms with E-state index in [9.17, 15) is 5.11 Å². The lowest BCUT2D eigenvalue weighted by Gasteiger charge is -2.06. The van der Waals surface area contributed by atoms with E-state index < -0.39 is 0 Å². The molecular formula is C10H14OS. The van der Waals surface area contributed by atoms with E-state index >= 15 is 0 Å². The van der Waals surface area contributed by atoms with Crippen LogP contribution in [0, 0.1) is 13.8 Å². The van der Waals surface area contributed by atoms with E-state index in [4.69, 9.17) is 0 Å². The van der Waals surface area contributed by atoms with Crippen molar-refractivity contribution < 1.29 is 5.11 Å². The average molecular weight is 182 g/mol. The molecule has 1 aromatic rings. The van der Waals surface area contributed by atoms with Gasteiger partial charge < -0.3 is 5.11 Å². The van der Waals surface area contributed by atoms with Crippen LogP contribution in [0.4, 0.5) is 0 Å². The van der Waals surface area contributed by atoms with Crippen LogP contribution in [0.3, 0.4) is 0 Å². The van der Waals surface area contributed by atoms with Gasteiger partial charge in [-0.2, -0.15) is 12.6 Å². The Balaban J connectivity index is 3.04. The highest BCUT2D eigenvalue weighted by Gasteiger charge is 2.01. The van der Waals surface area contributed by atoms with Crippen LogP contribution in [0.1, 0.15) is 16.7 Å². The highest BCUT2D eigenvalue weighted by Crippen LogP contribution is 2.23. The number of aryl methyl sites for hydroxylation is 3. The minimum Gasteiger partial charge on any atom is -0.507 e. The normalized spacial score (nSPS) is 10.2. The van der Waals surface area contributed by atoms with Gasteiger partial charge in [0, 0.05) is 0 Å². The monoisotopic (exact) mass is 182 g/mol. The number of aromatic hydroxyl groups is 1. The lowest BCUT2D eigenvalue weighted by Crippen LogP contribution is -1.89. The molecule has 0 aliphatic heterocycles. The maximum absolute atomic E-state index is 9.48. The second-order valence-electron chi connectivity index (χ2n) is 3.05. The zero-order valence-corrected chi connectivity index (χ0v) is 8.36. The van der Waals surface area contributed by atoms with Gasteiger partial charge in [0.25, 0.3) is 0 Å². The molecule has 0 saturated carbocycles. The van der Waals surface area contributed by atoms with E-state index in [-0.39, 0.29) is 0 Å². The number of rotatable bonds is 2. The second-order valence-corrected chi connectivity index (χ2v) is 3.50. The molecule has 0 spiro atoms. The Morgan fingerprint density at radius 1 is 1.25 bits per heavy atom. The van der Waals surface area contributed by atoms with E-state index in [1.165, 1.54) is 5.56 Å². The Morgan fingerprint density at radius 2 is 1.75 bits per heavy atom. The van der Waals surface area contributed by atoms with Crippen molar-refractivity contribution in [2.75, 3.05) is 5.75 Å². The Morgan fingerprint density at radius 3 is 2.17 bits per heavy atom. The Kier molecular flexibility index (Phi) is 3.04. The van der Waals surface area contributed by atoms with Crippen molar-refractivity contribution in [2.45, 2.75) is 20.3 Å². The summed E-state index contributed by atoms with van der Waals surface area (Å²) in [7, 11) is 0. The molecule has 0 unspecified atom stereocenters. The van der Waals surface area contributed by atoms with Crippen molar-refractivity contribution in [1.82, 2.24) is 0 Å². The molecule has 0 heterocycles. The number of hydrogen-bond donors (Lipinski definition) is 2. The van der Waals surface area contributed by atoms with Crippen molar-refractivity contribution in [1.29, 1.82) is 0 Å². The van der Waals surface area contributed by atoms with Crippen LogP contribution in [-0.2, 0) is 6.42 Å². The SMILES string of the molecule is Cc1cc(CCS)cc(C)c1O. The summed E-state index contributed by atoms with van der Waals surface area (Å²) >= 11 is 4.16. The van der Waals surface area contributed by atoms with Crippen LogP contribution >= 0.6 is 12.6 Å². The Hall–Kier alpha value is -0.630. The first-order chi connectivity index (χ1) is 5.65. The topological polar surface area (TPSA) is 20.2 Å². The van der Waals surface area contributed by atoms with E-state index in [0.717, 1.165) is 23.3 Å². The number of phenols is 1. The van der Waals surface area contributed by atoms with E-state index in [1.54, 1.807) is 0 Å². The lowest BCUT2D eigenvalue weighted by atomic mass is 10.0. The maximum Gasteiger partial charge on any atom is 0.121 e. The summed E-state index contributed by atoms with van der Waals surface area (Å²) < 4.78 is 0. The fourth-order valence-corrected chi connectivity index (χ4v) is 1.58. The van der Waals surface area contributed by atoms with Gasteiger partial charge >= 0.3 is 0 Å². The van der Waals surface area contributed by atoms with Crippen LogP contribution in [0.2, 0.25) is 0 Å². The molecule has 66 valence electrons. The first-order valence-electron chi connectivity index (χ1n) is 4.05. The van der Waals surface area contributed by atoms with Crippen LogP contribution in [0.5, 0.6) is 5.75 Å². The highest BCUT2D eigenvalue weighted by molar-refractivity contribution is 7.80. The molecule has 0 saturated heterocycles. The third kappa shape index (κ3) is 1.95. The summed E-state index contributed by atoms with van der Waals surface area (Å²) in [6.07, 6.45) is 0.963. The largest absolute Gasteiger partial charge is 0.507 e. The third-order valence-corrected chi connectivity index (χ3v) is 2.17. The molecular weight excluding hydrogens is 168 g/mol. The fourth-order valence-electron chi connectivity index (χ4n) is 1.32. The fraction of sp³-hybridized carbons (Fsp3) is 0.400. The number of phenolic OH excluding ortho intramolecular Hbond substituents is 1. The zero-order chi connectivity index (χ0) is 9.14. The molecule has 0 fully saturated rings. The number of hydrogen-bond acceptors (Lipinski definition) is 2. The molecule has 12 heavy (non-hydrogen) atoms. The Bertz CT molecular complexity index is 258. The summed E-state index contributed by atoms with van der Waals surface area (Å²) in [6, 6.07) is 4.02. The quantitative estimate of drug-likeness (QED) is 0.673. The summed E-state index contributed by atoms with van der Waals surface area (Å²) in [6.45, 7) is 3.84. The molecule has 1 N–H and O–H groups in total. The molecule has 1 aromatic carbocycles. The van der Waals surface area contributed by atoms with Gasteiger partial charge in [0.2, 0.25) is 0 Å². The van der Waals surface area contributed by atoms with Gasteiger partial charge in [-0.15, -0.1) is 0 Å². The molecule has 0 atom stereocenters. The first-order valence-corrected chi connectivity index (χ1v) is 4.68. The van der Waals surface area contributed by atoms with Gasteiger partial charge in [0.15, 0.2) is 0 Å². The van der Waals surface area contributed by atoms with Crippen molar-refractivity contribution in [3.8, 4) is 5.75 Å². The van der Waals surface area contributed by atoms with Crippen molar-refractivity contribution in [2.24, 2.45) is 0 Å². The van der Waals surface area contributed by atoms with Crippen molar-refractivity contribution in [3.63, 3.8) is 0 Å². The van der Waals surface area contributed by atoms with Crippen molar-refractivity contribution >= 4 is 12.6 Å². The van der Waals surface area contributed by atoms with E-state index in [0.29, 0.717) is 5.75 Å². The summed E-state index contributed by atoms with van der Waals surface area (Å²) in [5, 5.41) is 9.48. The summed E-state index contributed by atoms with van der Waals surface area (Å²) in [5.74, 6) is 1.27. The van der Waals surface area contributed by atoms with Gasteiger partial charge in [0.1, 0.15) is 5.75 Å². The van der Waals surface area contributed by atoms with Gasteiger partial charge in [0.05, 0.1) is 0 Å². The number of thiol groups is 1. The molecule has 2 heteroatoms. The molecule has 0 amide bonds. The molecule has 0 aliphatic carbocycles. The van der Waals surface area contributed by atoms with Gasteiger partial charge in [-0.3, -0.25) is 0 Å². The third-order valence-electron chi connectivity index (χ3n) is 1.95. The minimum atomic E-state index is 0.415. The predicted molar refractivity (Wildman–Crippen MR) is 55.1 cm³/mol. The summed E-state index contributed by atoms with van der Waals surface area (Å²) in [5.41, 5.74) is 3.15. The molecule has 0 aliphatic rings. The minimum absolute atomic E-state index is 0.415. The average Bonchev–Trinajstić information content (AvgIpc) is 2.01. The van der Waals surface area contributed by atoms with Gasteiger partial charge in [-0.1, -0.05) is 12.1 Å². The maximum atomic E-state index is 9.48. The van der Waals surface area contributed by atoms with Gasteiger partial charge in [-0.25, -0.2) is 0 Å². The lowest BCUT2D eigenvalue weighted by molar-refractivity contribution is 0.466. The molecule has 1 rings (SSSR count). The molecule has 1 nitrogen and oxygen atoms in total. The summed E-state index contributed by atoms with van der Waals surface area (Å²) in [4.78, 5) is 0. The second kappa shape index (κ2) is 3.85. The first kappa shape index (κ1) is 9.46. The van der Waals surface area contributed by atoms with Crippen molar-refractivity contribution in [3.05, 3.63) is 28.8 Å². The van der Waals surface area contributed by atoms with Crippen LogP contribution in [0.15, 0.2) is 12.1 Å². The van der Waals surface area contributed by atoms with Crippen LogP contribution in [0.25, 0.3) is 0 Å². The van der Waals surface area contributed by atoms with Crippen LogP contribution < -0.4 is 0 Å². The molecule has 0 bridgehead atoms. The predicted octanol–water partition coefficient (Wildman–Crippen LogP) is 2.48. The number of benzene rings is 1. The molecule has 0 aromatic heterocycles. The zero-order valence-electron chi connectivity index (χ0n) is 7.46. The standard InChI is InChI=1S/C10H14OS/c1-7-5-9(3-4-12)6-8(2)10(7)11/h5-6,11-12H,3-4H2,1-2H3. The van der Waals surface area contributed by atoms with Gasteiger partial charge in [-0.05, 0) is 42.7 Å². The van der Waals surface area contributed by atoms with E-state index in [1.807, 2.05) is 26.0 Å².